The fourth-order valence-electron chi connectivity index (χ4n) is 4.18. The number of anilines is 1. The highest BCUT2D eigenvalue weighted by molar-refractivity contribution is 6.04. The van der Waals surface area contributed by atoms with Gasteiger partial charge in [0.1, 0.15) is 11.5 Å². The topological polar surface area (TPSA) is 71.4 Å². The molecule has 35 heavy (non-hydrogen) atoms. The van der Waals surface area contributed by atoms with Crippen molar-refractivity contribution in [2.45, 2.75) is 96.8 Å². The second kappa shape index (κ2) is 17.7. The first-order valence-corrected chi connectivity index (χ1v) is 13.6. The minimum Gasteiger partial charge on any atom is -0.495 e. The largest absolute Gasteiger partial charge is 0.495 e. The molecule has 0 atom stereocenters. The lowest BCUT2D eigenvalue weighted by Gasteiger charge is -2.09. The Labute approximate surface area is 212 Å². The predicted molar refractivity (Wildman–Crippen MR) is 146 cm³/mol. The molecule has 0 aromatic heterocycles. The molecule has 1 amide bonds. The van der Waals surface area contributed by atoms with Gasteiger partial charge in [0.05, 0.1) is 19.4 Å². The summed E-state index contributed by atoms with van der Waals surface area (Å²) in [6.45, 7) is 2.98. The number of rotatable bonds is 19. The molecule has 2 aromatic rings. The number of hydrogen-bond acceptors (Lipinski definition) is 3. The van der Waals surface area contributed by atoms with Crippen LogP contribution in [-0.4, -0.2) is 19.6 Å². The van der Waals surface area contributed by atoms with Gasteiger partial charge in [-0.2, -0.15) is 0 Å². The number of hydrogen-bond donors (Lipinski definition) is 1. The van der Waals surface area contributed by atoms with Crippen LogP contribution in [0.25, 0.3) is 0 Å². The summed E-state index contributed by atoms with van der Waals surface area (Å²) < 4.78 is 10.9. The minimum atomic E-state index is -0.215. The molecule has 2 N–H and O–H groups in total. The maximum Gasteiger partial charge on any atom is 0.255 e. The first-order valence-electron chi connectivity index (χ1n) is 13.6. The van der Waals surface area contributed by atoms with Crippen LogP contribution in [0.1, 0.15) is 107 Å². The third-order valence-electron chi connectivity index (χ3n) is 6.34. The van der Waals surface area contributed by atoms with Crippen molar-refractivity contribution >= 4 is 17.3 Å². The molecule has 1 radical (unpaired) electrons. The van der Waals surface area contributed by atoms with Crippen molar-refractivity contribution in [3.05, 3.63) is 48.0 Å². The van der Waals surface area contributed by atoms with Crippen LogP contribution >= 0.6 is 0 Å². The van der Waals surface area contributed by atoms with E-state index in [-0.39, 0.29) is 11.6 Å². The molecule has 2 rings (SSSR count). The Hall–Kier alpha value is -2.69. The molecule has 2 aromatic carbocycles. The fraction of sp³-hybridized carbons (Fsp3) is 0.567. The van der Waals surface area contributed by atoms with Gasteiger partial charge in [0.25, 0.3) is 5.91 Å². The highest BCUT2D eigenvalue weighted by atomic mass is 16.5. The van der Waals surface area contributed by atoms with Gasteiger partial charge in [-0.3, -0.25) is 10.5 Å². The van der Waals surface area contributed by atoms with E-state index >= 15 is 0 Å². The Kier molecular flexibility index (Phi) is 14.4. The average Bonchev–Trinajstić information content (AvgIpc) is 2.87. The highest BCUT2D eigenvalue weighted by Crippen LogP contribution is 2.26. The standard InChI is InChI=1S/C30H45N2O3/c1-3-4-5-6-7-8-9-10-11-12-13-14-15-16-23-35-27-20-17-25(18-21-27)30(33)32-26-19-22-29(34-2)28(31)24-26/h17-22,24,31H,3-16,23H2,1-2H3,(H,32,33). The van der Waals surface area contributed by atoms with E-state index in [0.717, 1.165) is 12.2 Å². The number of carbonyl (C=O) groups excluding carboxylic acids is 1. The Morgan fingerprint density at radius 1 is 0.771 bits per heavy atom. The summed E-state index contributed by atoms with van der Waals surface area (Å²) in [5, 5.41) is 2.81. The van der Waals surface area contributed by atoms with E-state index in [1.165, 1.54) is 90.6 Å². The zero-order valence-electron chi connectivity index (χ0n) is 21.9. The number of methoxy groups -OCH3 is 1. The molecule has 0 fully saturated rings. The summed E-state index contributed by atoms with van der Waals surface area (Å²) in [7, 11) is 1.52. The van der Waals surface area contributed by atoms with Gasteiger partial charge in [-0.1, -0.05) is 90.4 Å². The number of benzene rings is 2. The molecule has 0 saturated carbocycles. The van der Waals surface area contributed by atoms with E-state index in [0.29, 0.717) is 23.6 Å². The predicted octanol–water partition coefficient (Wildman–Crippen LogP) is 8.72. The normalized spacial score (nSPS) is 10.8. The Balaban J connectivity index is 1.50. The van der Waals surface area contributed by atoms with Crippen LogP contribution in [0.5, 0.6) is 11.5 Å². The monoisotopic (exact) mass is 481 g/mol. The van der Waals surface area contributed by atoms with Gasteiger partial charge in [-0.05, 0) is 48.9 Å². The van der Waals surface area contributed by atoms with Gasteiger partial charge in [0.15, 0.2) is 0 Å². The molecule has 0 aliphatic carbocycles. The summed E-state index contributed by atoms with van der Waals surface area (Å²) in [5.74, 6) is 1.05. The third kappa shape index (κ3) is 12.0. The number of ether oxygens (including phenoxy) is 2. The van der Waals surface area contributed by atoms with Gasteiger partial charge >= 0.3 is 0 Å². The zero-order chi connectivity index (χ0) is 25.1. The van der Waals surface area contributed by atoms with Crippen molar-refractivity contribution in [3.63, 3.8) is 0 Å². The van der Waals surface area contributed by atoms with E-state index in [4.69, 9.17) is 15.2 Å². The molecular weight excluding hydrogens is 436 g/mol. The maximum absolute atomic E-state index is 12.5. The minimum absolute atomic E-state index is 0.215. The van der Waals surface area contributed by atoms with E-state index in [1.807, 2.05) is 12.1 Å². The Morgan fingerprint density at radius 2 is 1.31 bits per heavy atom. The molecule has 193 valence electrons. The van der Waals surface area contributed by atoms with Crippen LogP contribution < -0.4 is 20.5 Å². The summed E-state index contributed by atoms with van der Waals surface area (Å²) in [5.41, 5.74) is 9.23. The molecule has 0 bridgehead atoms. The zero-order valence-corrected chi connectivity index (χ0v) is 21.9. The van der Waals surface area contributed by atoms with E-state index in [9.17, 15) is 4.79 Å². The SMILES string of the molecule is CCCCCCCCCCCCCCCCOc1ccc(C(=O)Nc2ccc(OC)c([NH])c2)cc1. The molecule has 0 saturated heterocycles. The van der Waals surface area contributed by atoms with Crippen LogP contribution in [-0.2, 0) is 0 Å². The van der Waals surface area contributed by atoms with E-state index in [1.54, 1.807) is 30.3 Å². The lowest BCUT2D eigenvalue weighted by atomic mass is 10.0. The van der Waals surface area contributed by atoms with Gasteiger partial charge in [0, 0.05) is 11.3 Å². The lowest BCUT2D eigenvalue weighted by Crippen LogP contribution is -2.11. The van der Waals surface area contributed by atoms with Crippen molar-refractivity contribution in [1.82, 2.24) is 5.73 Å². The second-order valence-corrected chi connectivity index (χ2v) is 9.34. The third-order valence-corrected chi connectivity index (χ3v) is 6.34. The highest BCUT2D eigenvalue weighted by Gasteiger charge is 2.08. The lowest BCUT2D eigenvalue weighted by molar-refractivity contribution is 0.102. The number of carbonyl (C=O) groups is 1. The van der Waals surface area contributed by atoms with Crippen LogP contribution in [0.4, 0.5) is 11.4 Å². The van der Waals surface area contributed by atoms with Gasteiger partial charge in [-0.15, -0.1) is 0 Å². The number of nitrogens with one attached hydrogen (secondary N) is 2. The second-order valence-electron chi connectivity index (χ2n) is 9.34. The van der Waals surface area contributed by atoms with Crippen molar-refractivity contribution < 1.29 is 14.3 Å². The molecule has 0 unspecified atom stereocenters. The van der Waals surface area contributed by atoms with Crippen LogP contribution in [0.3, 0.4) is 0 Å². The van der Waals surface area contributed by atoms with Crippen LogP contribution in [0.15, 0.2) is 42.5 Å². The van der Waals surface area contributed by atoms with E-state index < -0.39 is 0 Å². The summed E-state index contributed by atoms with van der Waals surface area (Å²) in [6.07, 6.45) is 18.9. The van der Waals surface area contributed by atoms with Crippen LogP contribution in [0, 0.1) is 0 Å². The van der Waals surface area contributed by atoms with Gasteiger partial charge in [-0.25, -0.2) is 0 Å². The summed E-state index contributed by atoms with van der Waals surface area (Å²) >= 11 is 0. The molecule has 0 heterocycles. The number of amides is 1. The summed E-state index contributed by atoms with van der Waals surface area (Å²) in [6, 6.07) is 12.2. The number of unbranched alkanes of at least 4 members (excludes halogenated alkanes) is 13. The van der Waals surface area contributed by atoms with Crippen molar-refractivity contribution in [2.24, 2.45) is 0 Å². The average molecular weight is 482 g/mol. The summed E-state index contributed by atoms with van der Waals surface area (Å²) in [4.78, 5) is 12.5. The molecule has 0 spiro atoms. The first kappa shape index (κ1) is 28.5. The Bertz CT molecular complexity index is 836. The van der Waals surface area contributed by atoms with Crippen molar-refractivity contribution in [2.75, 3.05) is 19.0 Å². The van der Waals surface area contributed by atoms with E-state index in [2.05, 4.69) is 12.2 Å². The quantitative estimate of drug-likeness (QED) is 0.204. The van der Waals surface area contributed by atoms with Crippen LogP contribution in [0.2, 0.25) is 0 Å². The van der Waals surface area contributed by atoms with Gasteiger partial charge < -0.3 is 14.8 Å². The molecular formula is C30H45N2O3. The molecule has 5 nitrogen and oxygen atoms in total. The van der Waals surface area contributed by atoms with Gasteiger partial charge in [0.2, 0.25) is 0 Å². The first-order chi connectivity index (χ1) is 17.1. The molecule has 0 aliphatic rings. The van der Waals surface area contributed by atoms with Crippen molar-refractivity contribution in [1.29, 1.82) is 0 Å². The maximum atomic E-state index is 12.5. The Morgan fingerprint density at radius 3 is 1.83 bits per heavy atom. The smallest absolute Gasteiger partial charge is 0.255 e. The molecule has 5 heteroatoms. The fourth-order valence-corrected chi connectivity index (χ4v) is 4.18. The molecule has 0 aliphatic heterocycles. The van der Waals surface area contributed by atoms with Crippen molar-refractivity contribution in [3.8, 4) is 11.5 Å².